The van der Waals surface area contributed by atoms with Crippen molar-refractivity contribution in [3.63, 3.8) is 0 Å². The maximum Gasteiger partial charge on any atom is 0.343 e. The number of hydrogen-bond acceptors (Lipinski definition) is 4. The van der Waals surface area contributed by atoms with Crippen LogP contribution in [-0.4, -0.2) is 11.9 Å². The largest absolute Gasteiger partial charge is 0.419 e. The Labute approximate surface area is 196 Å². The van der Waals surface area contributed by atoms with Gasteiger partial charge in [-0.3, -0.25) is 0 Å². The quantitative estimate of drug-likeness (QED) is 0.268. The highest BCUT2D eigenvalue weighted by Crippen LogP contribution is 2.40. The van der Waals surface area contributed by atoms with Crippen LogP contribution >= 0.6 is 0 Å². The van der Waals surface area contributed by atoms with Crippen LogP contribution in [0, 0.1) is 5.92 Å². The van der Waals surface area contributed by atoms with Gasteiger partial charge in [-0.2, -0.15) is 0 Å². The zero-order valence-electron chi connectivity index (χ0n) is 19.9. The van der Waals surface area contributed by atoms with Gasteiger partial charge in [0.25, 0.3) is 0 Å². The molecule has 0 bridgehead atoms. The zero-order chi connectivity index (χ0) is 23.8. The van der Waals surface area contributed by atoms with Crippen molar-refractivity contribution in [2.75, 3.05) is 0 Å². The molecule has 0 atom stereocenters. The molecule has 3 aromatic rings. The van der Waals surface area contributed by atoms with E-state index < -0.39 is 11.9 Å². The molecule has 0 N–H and O–H groups in total. The summed E-state index contributed by atoms with van der Waals surface area (Å²) in [5, 5.41) is 0. The van der Waals surface area contributed by atoms with E-state index in [1.165, 1.54) is 0 Å². The zero-order valence-corrected chi connectivity index (χ0v) is 19.9. The van der Waals surface area contributed by atoms with Crippen molar-refractivity contribution in [1.82, 2.24) is 0 Å². The second-order valence-corrected chi connectivity index (χ2v) is 8.54. The maximum absolute atomic E-state index is 13.0. The highest BCUT2D eigenvalue weighted by molar-refractivity contribution is 5.93. The number of ether oxygens (including phenoxy) is 2. The molecule has 172 valence electrons. The first-order valence-corrected chi connectivity index (χ1v) is 11.7. The summed E-state index contributed by atoms with van der Waals surface area (Å²) < 4.78 is 11.9. The molecule has 0 aliphatic heterocycles. The molecule has 0 fully saturated rings. The molecule has 0 saturated carbocycles. The standard InChI is InChI=1S/C29H32O4/c1-5-13-23-19-24(18-20(3)4)25(6-2)27(33-29(31)22-16-11-8-12-17-22)26(23)32-28(30)21-14-9-7-10-15-21/h7-12,14-17,19-20H,5-6,13,18H2,1-4H3. The number of hydrogen-bond donors (Lipinski definition) is 0. The van der Waals surface area contributed by atoms with Gasteiger partial charge in [-0.05, 0) is 60.6 Å². The van der Waals surface area contributed by atoms with Gasteiger partial charge >= 0.3 is 11.9 Å². The molecule has 4 heteroatoms. The summed E-state index contributed by atoms with van der Waals surface area (Å²) in [7, 11) is 0. The molecular weight excluding hydrogens is 412 g/mol. The predicted octanol–water partition coefficient (Wildman–Crippen LogP) is 6.84. The average molecular weight is 445 g/mol. The second kappa shape index (κ2) is 11.5. The first-order valence-electron chi connectivity index (χ1n) is 11.7. The van der Waals surface area contributed by atoms with Crippen molar-refractivity contribution < 1.29 is 19.1 Å². The summed E-state index contributed by atoms with van der Waals surface area (Å²) in [5.74, 6) is 0.201. The van der Waals surface area contributed by atoms with Crippen LogP contribution in [0.3, 0.4) is 0 Å². The molecule has 0 heterocycles. The highest BCUT2D eigenvalue weighted by Gasteiger charge is 2.25. The average Bonchev–Trinajstić information content (AvgIpc) is 2.82. The van der Waals surface area contributed by atoms with Crippen molar-refractivity contribution in [2.45, 2.75) is 53.4 Å². The van der Waals surface area contributed by atoms with E-state index in [0.29, 0.717) is 41.4 Å². The molecule has 33 heavy (non-hydrogen) atoms. The molecule has 0 saturated heterocycles. The Morgan fingerprint density at radius 2 is 1.27 bits per heavy atom. The van der Waals surface area contributed by atoms with Crippen LogP contribution in [0.15, 0.2) is 66.7 Å². The third-order valence-electron chi connectivity index (χ3n) is 5.42. The summed E-state index contributed by atoms with van der Waals surface area (Å²) in [5.41, 5.74) is 3.82. The number of carbonyl (C=O) groups is 2. The predicted molar refractivity (Wildman–Crippen MR) is 131 cm³/mol. The number of benzene rings is 3. The van der Waals surface area contributed by atoms with Gasteiger partial charge in [0.1, 0.15) is 0 Å². The van der Waals surface area contributed by atoms with Crippen molar-refractivity contribution in [1.29, 1.82) is 0 Å². The topological polar surface area (TPSA) is 52.6 Å². The highest BCUT2D eigenvalue weighted by atomic mass is 16.6. The smallest absolute Gasteiger partial charge is 0.343 e. The Kier molecular flexibility index (Phi) is 8.42. The van der Waals surface area contributed by atoms with Crippen molar-refractivity contribution in [3.8, 4) is 11.5 Å². The van der Waals surface area contributed by atoms with Crippen molar-refractivity contribution >= 4 is 11.9 Å². The SMILES string of the molecule is CCCc1cc(CC(C)C)c(CC)c(OC(=O)c2ccccc2)c1OC(=O)c1ccccc1. The lowest BCUT2D eigenvalue weighted by Gasteiger charge is -2.21. The molecule has 0 spiro atoms. The van der Waals surface area contributed by atoms with Gasteiger partial charge < -0.3 is 9.47 Å². The van der Waals surface area contributed by atoms with Gasteiger partial charge in [0, 0.05) is 5.56 Å². The number of carbonyl (C=O) groups excluding carboxylic acids is 2. The first kappa shape index (κ1) is 24.2. The second-order valence-electron chi connectivity index (χ2n) is 8.54. The van der Waals surface area contributed by atoms with E-state index in [2.05, 4.69) is 26.8 Å². The van der Waals surface area contributed by atoms with Crippen LogP contribution < -0.4 is 9.47 Å². The normalized spacial score (nSPS) is 10.8. The maximum atomic E-state index is 13.0. The molecule has 0 aliphatic rings. The number of esters is 2. The summed E-state index contributed by atoms with van der Waals surface area (Å²) in [6.45, 7) is 8.44. The Hall–Kier alpha value is -3.40. The van der Waals surface area contributed by atoms with E-state index in [0.717, 1.165) is 29.5 Å². The summed E-state index contributed by atoms with van der Waals surface area (Å²) in [6.07, 6.45) is 3.08. The fraction of sp³-hybridized carbons (Fsp3) is 0.310. The van der Waals surface area contributed by atoms with Crippen LogP contribution in [0.4, 0.5) is 0 Å². The third kappa shape index (κ3) is 6.10. The van der Waals surface area contributed by atoms with Crippen LogP contribution in [-0.2, 0) is 19.3 Å². The van der Waals surface area contributed by atoms with Gasteiger partial charge in [-0.25, -0.2) is 9.59 Å². The number of rotatable bonds is 9. The van der Waals surface area contributed by atoms with Crippen LogP contribution in [0.5, 0.6) is 11.5 Å². The minimum Gasteiger partial charge on any atom is -0.419 e. The lowest BCUT2D eigenvalue weighted by Crippen LogP contribution is -2.16. The molecule has 0 radical (unpaired) electrons. The molecule has 3 aromatic carbocycles. The molecule has 0 aliphatic carbocycles. The number of aryl methyl sites for hydroxylation is 1. The Bertz CT molecular complexity index is 1090. The Balaban J connectivity index is 2.14. The minimum atomic E-state index is -0.469. The minimum absolute atomic E-state index is 0.347. The van der Waals surface area contributed by atoms with Gasteiger partial charge in [-0.15, -0.1) is 0 Å². The Morgan fingerprint density at radius 3 is 1.73 bits per heavy atom. The monoisotopic (exact) mass is 444 g/mol. The molecule has 0 unspecified atom stereocenters. The molecule has 3 rings (SSSR count). The van der Waals surface area contributed by atoms with Crippen LogP contribution in [0.1, 0.15) is 71.5 Å². The van der Waals surface area contributed by atoms with Gasteiger partial charge in [0.15, 0.2) is 11.5 Å². The van der Waals surface area contributed by atoms with Gasteiger partial charge in [-0.1, -0.05) is 76.6 Å². The molecule has 0 aromatic heterocycles. The molecule has 4 nitrogen and oxygen atoms in total. The first-order chi connectivity index (χ1) is 15.9. The lowest BCUT2D eigenvalue weighted by atomic mass is 9.92. The van der Waals surface area contributed by atoms with E-state index in [1.807, 2.05) is 19.1 Å². The van der Waals surface area contributed by atoms with E-state index in [4.69, 9.17) is 9.47 Å². The van der Waals surface area contributed by atoms with Crippen molar-refractivity contribution in [2.24, 2.45) is 5.92 Å². The van der Waals surface area contributed by atoms with Crippen molar-refractivity contribution in [3.05, 3.63) is 94.5 Å². The fourth-order valence-electron chi connectivity index (χ4n) is 3.93. The fourth-order valence-corrected chi connectivity index (χ4v) is 3.93. The van der Waals surface area contributed by atoms with Gasteiger partial charge in [0.2, 0.25) is 0 Å². The molecule has 0 amide bonds. The van der Waals surface area contributed by atoms with E-state index in [-0.39, 0.29) is 0 Å². The molecular formula is C29H32O4. The third-order valence-corrected chi connectivity index (χ3v) is 5.42. The Morgan fingerprint density at radius 1 is 0.758 bits per heavy atom. The summed E-state index contributed by atoms with van der Waals surface area (Å²) in [4.78, 5) is 26.0. The lowest BCUT2D eigenvalue weighted by molar-refractivity contribution is 0.0679. The van der Waals surface area contributed by atoms with E-state index in [9.17, 15) is 9.59 Å². The van der Waals surface area contributed by atoms with Crippen LogP contribution in [0.2, 0.25) is 0 Å². The van der Waals surface area contributed by atoms with E-state index in [1.54, 1.807) is 48.5 Å². The summed E-state index contributed by atoms with van der Waals surface area (Å²) >= 11 is 0. The van der Waals surface area contributed by atoms with Crippen LogP contribution in [0.25, 0.3) is 0 Å². The van der Waals surface area contributed by atoms with E-state index >= 15 is 0 Å². The van der Waals surface area contributed by atoms with Gasteiger partial charge in [0.05, 0.1) is 11.1 Å². The summed E-state index contributed by atoms with van der Waals surface area (Å²) in [6, 6.07) is 19.9.